The zero-order valence-corrected chi connectivity index (χ0v) is 28.2. The van der Waals surface area contributed by atoms with Crippen molar-refractivity contribution in [3.63, 3.8) is 0 Å². The molecule has 47 heavy (non-hydrogen) atoms. The molecule has 6 aromatic rings. The van der Waals surface area contributed by atoms with Crippen LogP contribution in [0.15, 0.2) is 76.7 Å². The summed E-state index contributed by atoms with van der Waals surface area (Å²) in [4.78, 5) is 23.4. The lowest BCUT2D eigenvalue weighted by Crippen LogP contribution is -2.27. The minimum absolute atomic E-state index is 0.379. The number of aliphatic hydroxyl groups is 1. The first-order valence-electron chi connectivity index (χ1n) is 15.5. The van der Waals surface area contributed by atoms with E-state index >= 15 is 0 Å². The Bertz CT molecular complexity index is 2320. The van der Waals surface area contributed by atoms with E-state index in [2.05, 4.69) is 43.1 Å². The van der Waals surface area contributed by atoms with E-state index in [-0.39, 0.29) is 5.91 Å². The van der Waals surface area contributed by atoms with Crippen LogP contribution >= 0.6 is 12.2 Å². The summed E-state index contributed by atoms with van der Waals surface area (Å²) in [5.74, 6) is -0.379. The summed E-state index contributed by atoms with van der Waals surface area (Å²) in [6.45, 7) is 8.94. The Balaban J connectivity index is 1.42. The predicted octanol–water partition coefficient (Wildman–Crippen LogP) is 4.16. The van der Waals surface area contributed by atoms with Gasteiger partial charge in [0.15, 0.2) is 4.99 Å². The number of carbonyl (C=O) groups is 1. The minimum atomic E-state index is -0.721. The Morgan fingerprint density at radius 1 is 0.957 bits per heavy atom. The van der Waals surface area contributed by atoms with Crippen molar-refractivity contribution in [3.8, 4) is 0 Å². The molecule has 0 aliphatic heterocycles. The average Bonchev–Trinajstić information content (AvgIpc) is 3.80. The van der Waals surface area contributed by atoms with E-state index in [9.17, 15) is 9.90 Å². The van der Waals surface area contributed by atoms with Gasteiger partial charge in [-0.1, -0.05) is 48.6 Å². The van der Waals surface area contributed by atoms with Crippen molar-refractivity contribution in [2.24, 2.45) is 24.1 Å². The highest BCUT2D eigenvalue weighted by Gasteiger charge is 2.18. The van der Waals surface area contributed by atoms with E-state index < -0.39 is 6.10 Å². The molecule has 1 atom stereocenters. The number of H-pyrrole nitrogens is 1. The number of aryl methyl sites for hydroxylation is 5. The molecule has 0 saturated heterocycles. The number of amides is 1. The molecule has 0 radical (unpaired) electrons. The highest BCUT2D eigenvalue weighted by molar-refractivity contribution is 7.80. The van der Waals surface area contributed by atoms with Crippen LogP contribution in [-0.2, 0) is 33.7 Å². The van der Waals surface area contributed by atoms with Gasteiger partial charge in [-0.2, -0.15) is 15.2 Å². The zero-order valence-electron chi connectivity index (χ0n) is 27.3. The predicted molar refractivity (Wildman–Crippen MR) is 185 cm³/mol. The summed E-state index contributed by atoms with van der Waals surface area (Å²) in [5, 5.41) is 22.3. The van der Waals surface area contributed by atoms with Gasteiger partial charge in [0.05, 0.1) is 33.9 Å². The van der Waals surface area contributed by atoms with Crippen LogP contribution < -0.4 is 11.2 Å². The van der Waals surface area contributed by atoms with Crippen molar-refractivity contribution >= 4 is 45.2 Å². The smallest absolute Gasteiger partial charge is 0.298 e. The van der Waals surface area contributed by atoms with E-state index in [1.807, 2.05) is 91.0 Å². The number of aromatic amines is 1. The molecule has 0 aliphatic carbocycles. The third kappa shape index (κ3) is 5.95. The number of aliphatic hydroxyl groups excluding tert-OH is 1. The number of nitrogens with zero attached hydrogens (tertiary/aromatic N) is 9. The van der Waals surface area contributed by atoms with Crippen LogP contribution in [0.3, 0.4) is 0 Å². The number of fused-ring (bicyclic) bond motifs is 2. The van der Waals surface area contributed by atoms with Crippen LogP contribution in [0, 0.1) is 13.8 Å². The number of imidazole rings is 2. The second-order valence-corrected chi connectivity index (χ2v) is 11.9. The number of aromatic nitrogens is 8. The normalized spacial score (nSPS) is 13.5. The molecule has 6 rings (SSSR count). The van der Waals surface area contributed by atoms with E-state index in [4.69, 9.17) is 17.2 Å². The largest absolute Gasteiger partial charge is 0.389 e. The van der Waals surface area contributed by atoms with Gasteiger partial charge >= 0.3 is 0 Å². The molecule has 1 unspecified atom stereocenters. The van der Waals surface area contributed by atoms with Gasteiger partial charge in [-0.25, -0.2) is 4.99 Å². The van der Waals surface area contributed by atoms with Crippen LogP contribution in [0.5, 0.6) is 0 Å². The quantitative estimate of drug-likeness (QED) is 0.189. The zero-order chi connectivity index (χ0) is 33.4. The van der Waals surface area contributed by atoms with Gasteiger partial charge in [0.1, 0.15) is 11.4 Å². The lowest BCUT2D eigenvalue weighted by atomic mass is 10.1. The Morgan fingerprint density at radius 3 is 2.30 bits per heavy atom. The fraction of sp³-hybridized carbons (Fsp3) is 0.294. The highest BCUT2D eigenvalue weighted by atomic mass is 32.1. The topological polar surface area (TPSA) is 128 Å². The molecule has 1 amide bonds. The number of carbonyl (C=O) groups excluding carboxylic acids is 1. The molecule has 2 N–H and O–H groups in total. The molecule has 0 fully saturated rings. The molecule has 0 spiro atoms. The van der Waals surface area contributed by atoms with Crippen molar-refractivity contribution < 1.29 is 9.90 Å². The Hall–Kier alpha value is -5.14. The maximum absolute atomic E-state index is 13.5. The lowest BCUT2D eigenvalue weighted by molar-refractivity contribution is 0.0985. The molecule has 4 heterocycles. The van der Waals surface area contributed by atoms with Crippen molar-refractivity contribution in [2.45, 2.75) is 53.4 Å². The standard InChI is InChI=1S/C34H38N10O2S/c1-7-44-29(20-22(3)39-44)31(46)35-33-41(6)28-16-12-13-24(23(4)45)30(28)43(33)18-11-10-17-42-27-15-9-8-14-26(27)40(5)34(42)36-32(47)25-19-21(2)37-38-25/h8-16,19-20,23,45H,7,17-18H2,1-6H3,(H,37,38)/b11-10+,35-33?,36-34?. The Morgan fingerprint density at radius 2 is 1.62 bits per heavy atom. The van der Waals surface area contributed by atoms with Crippen LogP contribution in [0.1, 0.15) is 53.1 Å². The number of rotatable bonds is 8. The molecule has 0 aliphatic rings. The number of benzene rings is 2. The van der Waals surface area contributed by atoms with E-state index in [1.165, 1.54) is 0 Å². The third-order valence-electron chi connectivity index (χ3n) is 8.24. The molecular weight excluding hydrogens is 613 g/mol. The maximum atomic E-state index is 13.5. The summed E-state index contributed by atoms with van der Waals surface area (Å²) in [5.41, 5.74) is 8.34. The van der Waals surface area contributed by atoms with Gasteiger partial charge in [-0.05, 0) is 58.0 Å². The molecule has 0 saturated carbocycles. The number of hydrogen-bond acceptors (Lipinski definition) is 5. The molecule has 0 bridgehead atoms. The van der Waals surface area contributed by atoms with Crippen molar-refractivity contribution in [1.82, 2.24) is 38.2 Å². The minimum Gasteiger partial charge on any atom is -0.389 e. The first-order chi connectivity index (χ1) is 22.6. The van der Waals surface area contributed by atoms with Crippen molar-refractivity contribution in [2.75, 3.05) is 0 Å². The number of nitrogens with one attached hydrogen (secondary N) is 1. The van der Waals surface area contributed by atoms with Gasteiger partial charge in [-0.15, -0.1) is 0 Å². The maximum Gasteiger partial charge on any atom is 0.298 e. The van der Waals surface area contributed by atoms with Crippen molar-refractivity contribution in [1.29, 1.82) is 0 Å². The fourth-order valence-electron chi connectivity index (χ4n) is 5.98. The van der Waals surface area contributed by atoms with Gasteiger partial charge in [0.25, 0.3) is 5.91 Å². The molecule has 242 valence electrons. The highest BCUT2D eigenvalue weighted by Crippen LogP contribution is 2.24. The van der Waals surface area contributed by atoms with Crippen LogP contribution in [0.25, 0.3) is 22.1 Å². The third-order valence-corrected chi connectivity index (χ3v) is 8.54. The number of para-hydroxylation sites is 3. The lowest BCUT2D eigenvalue weighted by Gasteiger charge is -2.09. The van der Waals surface area contributed by atoms with Crippen LogP contribution in [-0.4, -0.2) is 54.2 Å². The number of hydrogen-bond donors (Lipinski definition) is 2. The summed E-state index contributed by atoms with van der Waals surface area (Å²) in [7, 11) is 3.85. The van der Waals surface area contributed by atoms with E-state index in [1.54, 1.807) is 17.7 Å². The Labute approximate surface area is 276 Å². The van der Waals surface area contributed by atoms with E-state index in [0.29, 0.717) is 47.2 Å². The van der Waals surface area contributed by atoms with Crippen LogP contribution in [0.2, 0.25) is 0 Å². The Kier molecular flexibility index (Phi) is 8.76. The monoisotopic (exact) mass is 650 g/mol. The van der Waals surface area contributed by atoms with Gasteiger partial charge in [0.2, 0.25) is 11.2 Å². The second kappa shape index (κ2) is 12.9. The molecule has 13 heteroatoms. The van der Waals surface area contributed by atoms with Crippen LogP contribution in [0.4, 0.5) is 0 Å². The molecule has 12 nitrogen and oxygen atoms in total. The van der Waals surface area contributed by atoms with Gasteiger partial charge < -0.3 is 23.4 Å². The average molecular weight is 651 g/mol. The fourth-order valence-corrected chi connectivity index (χ4v) is 6.16. The number of allylic oxidation sites excluding steroid dienone is 2. The summed E-state index contributed by atoms with van der Waals surface area (Å²) in [6, 6.07) is 17.5. The number of thiocarbonyl (C=S) groups is 1. The molecule has 4 aromatic heterocycles. The van der Waals surface area contributed by atoms with E-state index in [0.717, 1.165) is 39.0 Å². The second-order valence-electron chi connectivity index (χ2n) is 11.5. The first kappa shape index (κ1) is 31.8. The van der Waals surface area contributed by atoms with Gasteiger partial charge in [0, 0.05) is 45.0 Å². The molecular formula is C34H38N10O2S. The summed E-state index contributed by atoms with van der Waals surface area (Å²) >= 11 is 5.66. The molecule has 2 aromatic carbocycles. The summed E-state index contributed by atoms with van der Waals surface area (Å²) in [6.07, 6.45) is 3.38. The first-order valence-corrected chi connectivity index (χ1v) is 15.9. The van der Waals surface area contributed by atoms with Gasteiger partial charge in [-0.3, -0.25) is 14.6 Å². The van der Waals surface area contributed by atoms with Crippen molar-refractivity contribution in [3.05, 3.63) is 106 Å². The summed E-state index contributed by atoms with van der Waals surface area (Å²) < 4.78 is 9.66. The SMILES string of the molecule is CCn1nc(C)cc1C(=O)N=c1n(C)c2cccc(C(C)O)c2n1C/C=C/Cn1c(=NC(=S)c2cc(C)[nH]n2)n(C)c2ccccc21.